The molecular formula is C30H29F2N7O2. The number of carbonyl (C=O) groups excluding carboxylic acids is 1. The van der Waals surface area contributed by atoms with Crippen LogP contribution < -0.4 is 5.32 Å². The molecule has 4 heterocycles. The molecule has 1 aliphatic heterocycles. The highest BCUT2D eigenvalue weighted by atomic mass is 19.3. The molecule has 1 atom stereocenters. The topological polar surface area (TPSA) is 90.1 Å². The third-order valence-corrected chi connectivity index (χ3v) is 7.18. The molecule has 1 fully saturated rings. The van der Waals surface area contributed by atoms with E-state index in [1.54, 1.807) is 34.6 Å². The van der Waals surface area contributed by atoms with Gasteiger partial charge in [0, 0.05) is 53.8 Å². The molecule has 1 amide bonds. The summed E-state index contributed by atoms with van der Waals surface area (Å²) in [6.07, 6.45) is 5.34. The Morgan fingerprint density at radius 2 is 1.83 bits per heavy atom. The Labute approximate surface area is 235 Å². The van der Waals surface area contributed by atoms with Crippen LogP contribution >= 0.6 is 0 Å². The third-order valence-electron chi connectivity index (χ3n) is 7.18. The number of likely N-dealkylation sites (tertiary alicyclic amines) is 1. The summed E-state index contributed by atoms with van der Waals surface area (Å²) in [5, 5.41) is 8.56. The van der Waals surface area contributed by atoms with Gasteiger partial charge in [0.25, 0.3) is 11.8 Å². The highest BCUT2D eigenvalue weighted by Crippen LogP contribution is 2.31. The number of hydrogen-bond acceptors (Lipinski definition) is 6. The van der Waals surface area contributed by atoms with E-state index in [9.17, 15) is 13.6 Å². The van der Waals surface area contributed by atoms with Gasteiger partial charge in [-0.3, -0.25) is 4.79 Å². The molecular weight excluding hydrogens is 528 g/mol. The van der Waals surface area contributed by atoms with E-state index in [1.807, 2.05) is 68.7 Å². The van der Waals surface area contributed by atoms with Crippen LogP contribution in [0.4, 0.5) is 20.3 Å². The Bertz CT molecular complexity index is 1720. The molecule has 0 aliphatic carbocycles. The van der Waals surface area contributed by atoms with E-state index in [-0.39, 0.29) is 6.23 Å². The van der Waals surface area contributed by atoms with Crippen molar-refractivity contribution in [2.24, 2.45) is 7.05 Å². The summed E-state index contributed by atoms with van der Waals surface area (Å²) in [7, 11) is 1.75. The number of hydrogen-bond donors (Lipinski definition) is 1. The number of rotatable bonds is 8. The van der Waals surface area contributed by atoms with Gasteiger partial charge in [-0.2, -0.15) is 5.10 Å². The van der Waals surface area contributed by atoms with Gasteiger partial charge in [-0.25, -0.2) is 23.4 Å². The number of fused-ring (bicyclic) bond motifs is 1. The van der Waals surface area contributed by atoms with Gasteiger partial charge in [-0.05, 0) is 49.7 Å². The van der Waals surface area contributed by atoms with E-state index in [4.69, 9.17) is 4.74 Å². The smallest absolute Gasteiger partial charge is 0.282 e. The van der Waals surface area contributed by atoms with Crippen LogP contribution in [0.5, 0.6) is 0 Å². The van der Waals surface area contributed by atoms with E-state index < -0.39 is 24.9 Å². The number of nitrogens with zero attached hydrogens (tertiary/aromatic N) is 6. The molecule has 3 aromatic heterocycles. The second kappa shape index (κ2) is 10.4. The summed E-state index contributed by atoms with van der Waals surface area (Å²) in [5.74, 6) is -2.07. The van der Waals surface area contributed by atoms with Crippen molar-refractivity contribution in [1.29, 1.82) is 0 Å². The molecule has 2 aromatic carbocycles. The van der Waals surface area contributed by atoms with E-state index in [2.05, 4.69) is 20.4 Å². The molecule has 1 N–H and O–H groups in total. The van der Waals surface area contributed by atoms with Crippen molar-refractivity contribution >= 4 is 28.3 Å². The predicted octanol–water partition coefficient (Wildman–Crippen LogP) is 5.89. The van der Waals surface area contributed by atoms with E-state index in [0.717, 1.165) is 38.2 Å². The Hall–Kier alpha value is -4.64. The largest absolute Gasteiger partial charge is 0.357 e. The zero-order chi connectivity index (χ0) is 28.7. The van der Waals surface area contributed by atoms with Crippen LogP contribution in [0.15, 0.2) is 73.2 Å². The lowest BCUT2D eigenvalue weighted by atomic mass is 10.1. The fraction of sp³-hybridized carbons (Fsp3) is 0.267. The summed E-state index contributed by atoms with van der Waals surface area (Å²) < 4.78 is 35.7. The normalized spacial score (nSPS) is 15.1. The first kappa shape index (κ1) is 26.6. The number of benzene rings is 2. The molecule has 9 nitrogen and oxygen atoms in total. The maximum atomic E-state index is 13.3. The Morgan fingerprint density at radius 1 is 1.07 bits per heavy atom. The SMILES string of the molecule is CCOC(C)n1cc(-c2ccc(Nc3ccnc(-c4ccc5cc(C(=O)N6CC(F)(F)C6)n(C)c5c4)n3)cc2)cn1. The molecule has 11 heteroatoms. The number of aryl methyl sites for hydroxylation is 1. The number of alkyl halides is 2. The van der Waals surface area contributed by atoms with Gasteiger partial charge < -0.3 is 19.5 Å². The summed E-state index contributed by atoms with van der Waals surface area (Å²) in [6, 6.07) is 17.2. The number of amides is 1. The minimum absolute atomic E-state index is 0.130. The highest BCUT2D eigenvalue weighted by Gasteiger charge is 2.46. The number of anilines is 2. The van der Waals surface area contributed by atoms with Crippen LogP contribution in [0.3, 0.4) is 0 Å². The van der Waals surface area contributed by atoms with Gasteiger partial charge in [0.1, 0.15) is 17.7 Å². The molecule has 41 heavy (non-hydrogen) atoms. The fourth-order valence-electron chi connectivity index (χ4n) is 4.96. The molecule has 1 aliphatic rings. The first-order valence-corrected chi connectivity index (χ1v) is 13.3. The van der Waals surface area contributed by atoms with Crippen molar-refractivity contribution in [3.05, 3.63) is 78.9 Å². The van der Waals surface area contributed by atoms with Crippen LogP contribution in [-0.4, -0.2) is 60.7 Å². The number of ether oxygens (including phenoxy) is 1. The Morgan fingerprint density at radius 3 is 2.56 bits per heavy atom. The van der Waals surface area contributed by atoms with Gasteiger partial charge in [0.15, 0.2) is 5.82 Å². The van der Waals surface area contributed by atoms with E-state index >= 15 is 0 Å². The molecule has 210 valence electrons. The molecule has 1 unspecified atom stereocenters. The van der Waals surface area contributed by atoms with Crippen molar-refractivity contribution < 1.29 is 18.3 Å². The second-order valence-corrected chi connectivity index (χ2v) is 10.1. The fourth-order valence-corrected chi connectivity index (χ4v) is 4.96. The zero-order valence-electron chi connectivity index (χ0n) is 22.9. The summed E-state index contributed by atoms with van der Waals surface area (Å²) >= 11 is 0. The van der Waals surface area contributed by atoms with E-state index in [0.29, 0.717) is 23.9 Å². The third kappa shape index (κ3) is 5.28. The molecule has 1 saturated heterocycles. The van der Waals surface area contributed by atoms with Crippen molar-refractivity contribution in [1.82, 2.24) is 29.2 Å². The molecule has 5 aromatic rings. The maximum Gasteiger partial charge on any atom is 0.282 e. The monoisotopic (exact) mass is 557 g/mol. The quantitative estimate of drug-likeness (QED) is 0.256. The van der Waals surface area contributed by atoms with Crippen LogP contribution in [-0.2, 0) is 11.8 Å². The molecule has 0 saturated carbocycles. The average molecular weight is 558 g/mol. The van der Waals surface area contributed by atoms with Crippen LogP contribution in [0.1, 0.15) is 30.6 Å². The summed E-state index contributed by atoms with van der Waals surface area (Å²) in [4.78, 5) is 23.1. The minimum atomic E-state index is -2.81. The zero-order valence-corrected chi connectivity index (χ0v) is 22.9. The first-order valence-electron chi connectivity index (χ1n) is 13.3. The van der Waals surface area contributed by atoms with Gasteiger partial charge in [-0.15, -0.1) is 0 Å². The van der Waals surface area contributed by atoms with Crippen molar-refractivity contribution in [3.8, 4) is 22.5 Å². The number of carbonyl (C=O) groups is 1. The highest BCUT2D eigenvalue weighted by molar-refractivity contribution is 6.00. The van der Waals surface area contributed by atoms with Gasteiger partial charge >= 0.3 is 0 Å². The molecule has 0 radical (unpaired) electrons. The van der Waals surface area contributed by atoms with Crippen molar-refractivity contribution in [2.45, 2.75) is 26.0 Å². The van der Waals surface area contributed by atoms with Gasteiger partial charge in [0.2, 0.25) is 0 Å². The lowest BCUT2D eigenvalue weighted by Gasteiger charge is -2.38. The standard InChI is InChI=1S/C30H29F2N7O2/c1-4-41-19(2)39-16-23(15-34-39)20-7-9-24(10-8-20)35-27-11-12-33-28(36-27)22-6-5-21-13-26(37(3)25(21)14-22)29(40)38-17-30(31,32)18-38/h5-16,19H,4,17-18H2,1-3H3,(H,33,35,36). The first-order chi connectivity index (χ1) is 19.7. The predicted molar refractivity (Wildman–Crippen MR) is 152 cm³/mol. The Balaban J connectivity index is 1.18. The van der Waals surface area contributed by atoms with Crippen molar-refractivity contribution in [3.63, 3.8) is 0 Å². The van der Waals surface area contributed by atoms with Gasteiger partial charge in [0.05, 0.1) is 19.3 Å². The van der Waals surface area contributed by atoms with Gasteiger partial charge in [-0.1, -0.05) is 24.3 Å². The van der Waals surface area contributed by atoms with Crippen molar-refractivity contribution in [2.75, 3.05) is 25.0 Å². The number of nitrogens with one attached hydrogen (secondary N) is 1. The average Bonchev–Trinajstić information content (AvgIpc) is 3.57. The van der Waals surface area contributed by atoms with E-state index in [1.165, 1.54) is 0 Å². The Kier molecular flexibility index (Phi) is 6.74. The van der Waals surface area contributed by atoms with Crippen LogP contribution in [0.2, 0.25) is 0 Å². The lowest BCUT2D eigenvalue weighted by molar-refractivity contribution is -0.113. The molecule has 0 bridgehead atoms. The lowest BCUT2D eigenvalue weighted by Crippen LogP contribution is -2.58. The second-order valence-electron chi connectivity index (χ2n) is 10.1. The maximum absolute atomic E-state index is 13.3. The molecule has 6 rings (SSSR count). The number of halogens is 2. The number of aromatic nitrogens is 5. The molecule has 0 spiro atoms. The minimum Gasteiger partial charge on any atom is -0.357 e. The van der Waals surface area contributed by atoms with Crippen LogP contribution in [0, 0.1) is 0 Å². The summed E-state index contributed by atoms with van der Waals surface area (Å²) in [6.45, 7) is 3.44. The van der Waals surface area contributed by atoms with Crippen LogP contribution in [0.25, 0.3) is 33.4 Å². The summed E-state index contributed by atoms with van der Waals surface area (Å²) in [5.41, 5.74) is 4.82.